The van der Waals surface area contributed by atoms with Gasteiger partial charge in [0, 0.05) is 38.6 Å². The molecule has 2 atom stereocenters. The zero-order valence-electron chi connectivity index (χ0n) is 35.6. The van der Waals surface area contributed by atoms with Crippen molar-refractivity contribution in [3.63, 3.8) is 0 Å². The van der Waals surface area contributed by atoms with E-state index in [1.807, 2.05) is 32.5 Å². The van der Waals surface area contributed by atoms with Crippen molar-refractivity contribution >= 4 is 89.0 Å². The first-order valence-corrected chi connectivity index (χ1v) is 25.3. The summed E-state index contributed by atoms with van der Waals surface area (Å²) in [6.45, 7) is 19.3. The van der Waals surface area contributed by atoms with Gasteiger partial charge in [0.25, 0.3) is 11.8 Å². The summed E-state index contributed by atoms with van der Waals surface area (Å²) in [7, 11) is 0. The lowest BCUT2D eigenvalue weighted by molar-refractivity contribution is -0.124. The molecule has 0 bridgehead atoms. The first-order chi connectivity index (χ1) is 27.7. The predicted octanol–water partition coefficient (Wildman–Crippen LogP) is 15.1. The molecule has 2 aliphatic rings. The number of hydrogen-bond donors (Lipinski definition) is 0. The number of aryl methyl sites for hydroxylation is 2. The van der Waals surface area contributed by atoms with Crippen LogP contribution in [-0.2, 0) is 9.59 Å². The van der Waals surface area contributed by atoms with E-state index in [9.17, 15) is 9.59 Å². The smallest absolute Gasteiger partial charge is 0.261 e. The second-order valence-corrected chi connectivity index (χ2v) is 21.2. The summed E-state index contributed by atoms with van der Waals surface area (Å²) in [6, 6.07) is 14.0. The van der Waals surface area contributed by atoms with E-state index >= 15 is 0 Å². The standard InChI is InChI=1S/C48H63N3O2S4/c1-9-15-18-32(13-5)27-34(28-33(14-6)19-16-10-2)51-35-26-31(8)55-45(35)46-36(51)29-40(57-46)37-22-23-39(56-37)44-42-41(47(52)49(44)24-12-4)43(38-21-20-30(7)54-38)50(48(42)53)25-17-11-3/h20-23,26,29,32-34H,9-19,24-25,27-28H2,1-8H3. The van der Waals surface area contributed by atoms with E-state index in [0.717, 1.165) is 52.2 Å². The minimum Gasteiger partial charge on any atom is -0.336 e. The van der Waals surface area contributed by atoms with Gasteiger partial charge in [-0.3, -0.25) is 9.59 Å². The van der Waals surface area contributed by atoms with Crippen LogP contribution in [-0.4, -0.2) is 39.3 Å². The zero-order valence-corrected chi connectivity index (χ0v) is 38.9. The van der Waals surface area contributed by atoms with Crippen LogP contribution in [0.2, 0.25) is 0 Å². The number of amides is 2. The molecule has 0 saturated carbocycles. The Morgan fingerprint density at radius 2 is 1.09 bits per heavy atom. The van der Waals surface area contributed by atoms with E-state index in [1.165, 1.54) is 104 Å². The van der Waals surface area contributed by atoms with Crippen molar-refractivity contribution in [1.29, 1.82) is 0 Å². The van der Waals surface area contributed by atoms with E-state index in [-0.39, 0.29) is 11.8 Å². The number of nitrogens with zero attached hydrogens (tertiary/aromatic N) is 3. The molecular formula is C48H63N3O2S4. The maximum Gasteiger partial charge on any atom is 0.261 e. The number of carbonyl (C=O) groups excluding carboxylic acids is 2. The van der Waals surface area contributed by atoms with Gasteiger partial charge < -0.3 is 14.4 Å². The average Bonchev–Trinajstić information content (AvgIpc) is 4.07. The highest BCUT2D eigenvalue weighted by atomic mass is 32.1. The SMILES string of the molecule is CCCCC(CC)CC(CC(CC)CCCC)n1c2cc(C)sc2c2sc(-c3ccc(C4=C5C(=O)N(CCCC)C(c6ccc(C)s6)=C5C(=O)N4CCC)s3)cc21. The van der Waals surface area contributed by atoms with Crippen molar-refractivity contribution < 1.29 is 9.59 Å². The van der Waals surface area contributed by atoms with E-state index in [2.05, 4.69) is 96.4 Å². The monoisotopic (exact) mass is 841 g/mol. The van der Waals surface area contributed by atoms with Crippen LogP contribution in [0.4, 0.5) is 0 Å². The second-order valence-electron chi connectivity index (χ2n) is 16.5. The van der Waals surface area contributed by atoms with Crippen molar-refractivity contribution in [3.05, 3.63) is 67.1 Å². The zero-order chi connectivity index (χ0) is 40.4. The summed E-state index contributed by atoms with van der Waals surface area (Å²) in [5.41, 5.74) is 5.63. The van der Waals surface area contributed by atoms with E-state index in [1.54, 1.807) is 22.7 Å². The highest BCUT2D eigenvalue weighted by Crippen LogP contribution is 2.51. The van der Waals surface area contributed by atoms with Gasteiger partial charge in [-0.15, -0.1) is 45.3 Å². The fourth-order valence-corrected chi connectivity index (χ4v) is 13.7. The van der Waals surface area contributed by atoms with Gasteiger partial charge in [0.1, 0.15) is 0 Å². The minimum absolute atomic E-state index is 0.0255. The van der Waals surface area contributed by atoms with Crippen LogP contribution in [0.3, 0.4) is 0 Å². The fourth-order valence-electron chi connectivity index (χ4n) is 9.28. The van der Waals surface area contributed by atoms with Crippen molar-refractivity contribution in [3.8, 4) is 9.75 Å². The molecule has 2 unspecified atom stereocenters. The summed E-state index contributed by atoms with van der Waals surface area (Å²) in [6.07, 6.45) is 15.4. The average molecular weight is 842 g/mol. The Morgan fingerprint density at radius 3 is 1.65 bits per heavy atom. The fraction of sp³-hybridized carbons (Fsp3) is 0.542. The summed E-state index contributed by atoms with van der Waals surface area (Å²) in [4.78, 5) is 39.8. The highest BCUT2D eigenvalue weighted by molar-refractivity contribution is 7.30. The molecule has 0 fully saturated rings. The summed E-state index contributed by atoms with van der Waals surface area (Å²) >= 11 is 7.28. The van der Waals surface area contributed by atoms with Gasteiger partial charge in [-0.2, -0.15) is 0 Å². The van der Waals surface area contributed by atoms with Crippen molar-refractivity contribution in [2.24, 2.45) is 11.8 Å². The van der Waals surface area contributed by atoms with Gasteiger partial charge in [-0.1, -0.05) is 99.3 Å². The largest absolute Gasteiger partial charge is 0.336 e. The van der Waals surface area contributed by atoms with Gasteiger partial charge in [-0.25, -0.2) is 0 Å². The number of thiophene rings is 4. The van der Waals surface area contributed by atoms with Crippen LogP contribution in [0, 0.1) is 25.7 Å². The predicted molar refractivity (Wildman–Crippen MR) is 250 cm³/mol. The molecule has 0 N–H and O–H groups in total. The van der Waals surface area contributed by atoms with Crippen LogP contribution in [0.1, 0.15) is 151 Å². The lowest BCUT2D eigenvalue weighted by Crippen LogP contribution is -2.30. The Bertz CT molecular complexity index is 2250. The number of unbranched alkanes of at least 4 members (excludes halogenated alkanes) is 3. The summed E-state index contributed by atoms with van der Waals surface area (Å²) in [5.74, 6) is 1.41. The first-order valence-electron chi connectivity index (χ1n) is 22.0. The molecule has 5 aromatic rings. The number of aromatic nitrogens is 1. The maximum atomic E-state index is 14.5. The maximum absolute atomic E-state index is 14.5. The lowest BCUT2D eigenvalue weighted by atomic mass is 9.85. The number of carbonyl (C=O) groups is 2. The number of fused-ring (bicyclic) bond motifs is 4. The molecule has 0 saturated heterocycles. The van der Waals surface area contributed by atoms with Crippen LogP contribution >= 0.6 is 45.3 Å². The third-order valence-corrected chi connectivity index (χ3v) is 17.0. The first kappa shape index (κ1) is 42.2. The van der Waals surface area contributed by atoms with Crippen molar-refractivity contribution in [2.45, 2.75) is 145 Å². The Labute approximate surface area is 357 Å². The second kappa shape index (κ2) is 18.5. The van der Waals surface area contributed by atoms with Crippen LogP contribution in [0.15, 0.2) is 47.5 Å². The minimum atomic E-state index is -0.0313. The Morgan fingerprint density at radius 1 is 0.544 bits per heavy atom. The van der Waals surface area contributed by atoms with Crippen LogP contribution in [0.25, 0.3) is 41.6 Å². The molecule has 0 spiro atoms. The topological polar surface area (TPSA) is 45.6 Å². The van der Waals surface area contributed by atoms with Crippen molar-refractivity contribution in [1.82, 2.24) is 14.4 Å². The highest BCUT2D eigenvalue weighted by Gasteiger charge is 2.49. The summed E-state index contributed by atoms with van der Waals surface area (Å²) in [5, 5.41) is 0. The number of rotatable bonds is 21. The van der Waals surface area contributed by atoms with Gasteiger partial charge >= 0.3 is 0 Å². The van der Waals surface area contributed by atoms with Crippen molar-refractivity contribution in [2.75, 3.05) is 13.1 Å². The molecular weight excluding hydrogens is 779 g/mol. The number of hydrogen-bond acceptors (Lipinski definition) is 6. The molecule has 2 amide bonds. The molecule has 9 heteroatoms. The molecule has 57 heavy (non-hydrogen) atoms. The van der Waals surface area contributed by atoms with Crippen LogP contribution < -0.4 is 0 Å². The van der Waals surface area contributed by atoms with Gasteiger partial charge in [0.05, 0.1) is 52.7 Å². The van der Waals surface area contributed by atoms with Gasteiger partial charge in [0.2, 0.25) is 0 Å². The quantitative estimate of drug-likeness (QED) is 0.0739. The molecule has 0 aliphatic carbocycles. The van der Waals surface area contributed by atoms with Crippen LogP contribution in [0.5, 0.6) is 0 Å². The molecule has 2 aliphatic heterocycles. The van der Waals surface area contributed by atoms with E-state index < -0.39 is 0 Å². The summed E-state index contributed by atoms with van der Waals surface area (Å²) < 4.78 is 5.62. The van der Waals surface area contributed by atoms with Gasteiger partial charge in [0.15, 0.2) is 0 Å². The molecule has 0 radical (unpaired) electrons. The van der Waals surface area contributed by atoms with E-state index in [0.29, 0.717) is 30.3 Å². The van der Waals surface area contributed by atoms with Gasteiger partial charge in [-0.05, 0) is 87.8 Å². The molecule has 306 valence electrons. The molecule has 5 nitrogen and oxygen atoms in total. The Hall–Kier alpha value is -2.98. The molecule has 7 rings (SSSR count). The molecule has 0 aromatic carbocycles. The molecule has 5 aromatic heterocycles. The Balaban J connectivity index is 1.33. The third-order valence-electron chi connectivity index (χ3n) is 12.4. The lowest BCUT2D eigenvalue weighted by Gasteiger charge is -2.29. The third kappa shape index (κ3) is 8.16. The Kier molecular flexibility index (Phi) is 13.7. The van der Waals surface area contributed by atoms with E-state index in [4.69, 9.17) is 0 Å². The normalized spacial score (nSPS) is 16.4. The molecule has 7 heterocycles.